The first-order valence-corrected chi connectivity index (χ1v) is 13.3. The first-order chi connectivity index (χ1) is 20.1. The van der Waals surface area contributed by atoms with Gasteiger partial charge in [0.05, 0.1) is 51.8 Å². The van der Waals surface area contributed by atoms with Gasteiger partial charge in [-0.05, 0) is 41.5 Å². The summed E-state index contributed by atoms with van der Waals surface area (Å²) in [4.78, 5) is 4.99. The molecule has 0 bridgehead atoms. The van der Waals surface area contributed by atoms with Gasteiger partial charge in [0, 0.05) is 27.3 Å². The molecule has 0 unspecified atom stereocenters. The molecule has 7 aromatic rings. The van der Waals surface area contributed by atoms with Crippen molar-refractivity contribution in [2.75, 3.05) is 0 Å². The number of pyridine rings is 1. The zero-order chi connectivity index (χ0) is 28.1. The van der Waals surface area contributed by atoms with Crippen molar-refractivity contribution in [1.82, 2.24) is 13.7 Å². The standard InChI is InChI=1S/C33H15F2N5S/c34-26-12-18(16-36)13-27(35)29(26)20-10-11-23-28(14-20)38-31(22-9-5-4-8-21(22)17-37)25-15-24(19-6-2-1-3-7-19)32-33(30(23)25)40-41-39-32/h1-15H. The number of benzene rings is 5. The predicted molar refractivity (Wildman–Crippen MR) is 156 cm³/mol. The van der Waals surface area contributed by atoms with Crippen LogP contribution in [-0.2, 0) is 0 Å². The summed E-state index contributed by atoms with van der Waals surface area (Å²) in [5.74, 6) is -1.68. The van der Waals surface area contributed by atoms with Crippen molar-refractivity contribution in [3.63, 3.8) is 0 Å². The molecule has 5 nitrogen and oxygen atoms in total. The van der Waals surface area contributed by atoms with Gasteiger partial charge in [-0.25, -0.2) is 13.8 Å². The second-order valence-corrected chi connectivity index (χ2v) is 9.98. The molecule has 0 radical (unpaired) electrons. The van der Waals surface area contributed by atoms with Crippen molar-refractivity contribution >= 4 is 44.4 Å². The molecule has 0 aliphatic carbocycles. The lowest BCUT2D eigenvalue weighted by Gasteiger charge is -2.15. The van der Waals surface area contributed by atoms with Crippen LogP contribution in [0, 0.1) is 34.3 Å². The van der Waals surface area contributed by atoms with E-state index in [0.29, 0.717) is 27.9 Å². The molecule has 0 N–H and O–H groups in total. The number of halogens is 2. The van der Waals surface area contributed by atoms with Gasteiger partial charge >= 0.3 is 0 Å². The lowest BCUT2D eigenvalue weighted by Crippen LogP contribution is -1.96. The van der Waals surface area contributed by atoms with Crippen molar-refractivity contribution in [2.24, 2.45) is 0 Å². The van der Waals surface area contributed by atoms with Crippen LogP contribution in [0.15, 0.2) is 91.0 Å². The molecule has 41 heavy (non-hydrogen) atoms. The van der Waals surface area contributed by atoms with Gasteiger partial charge < -0.3 is 0 Å². The maximum Gasteiger partial charge on any atom is 0.135 e. The zero-order valence-electron chi connectivity index (χ0n) is 21.1. The third kappa shape index (κ3) is 3.89. The van der Waals surface area contributed by atoms with Gasteiger partial charge in [-0.1, -0.05) is 60.7 Å². The first-order valence-electron chi connectivity index (χ1n) is 12.5. The fraction of sp³-hybridized carbons (Fsp3) is 0. The number of rotatable bonds is 3. The van der Waals surface area contributed by atoms with Gasteiger partial charge in [-0.2, -0.15) is 19.3 Å². The molecular formula is C33H15F2N5S. The Labute approximate surface area is 236 Å². The fourth-order valence-electron chi connectivity index (χ4n) is 5.32. The highest BCUT2D eigenvalue weighted by Crippen LogP contribution is 2.42. The van der Waals surface area contributed by atoms with E-state index < -0.39 is 11.6 Å². The third-order valence-electron chi connectivity index (χ3n) is 7.14. The van der Waals surface area contributed by atoms with E-state index in [1.165, 1.54) is 0 Å². The van der Waals surface area contributed by atoms with Gasteiger partial charge in [0.25, 0.3) is 0 Å². The number of nitriles is 2. The summed E-state index contributed by atoms with van der Waals surface area (Å²) in [6.45, 7) is 0. The molecular weight excluding hydrogens is 536 g/mol. The highest BCUT2D eigenvalue weighted by molar-refractivity contribution is 7.00. The van der Waals surface area contributed by atoms with E-state index in [0.717, 1.165) is 56.7 Å². The molecule has 0 atom stereocenters. The van der Waals surface area contributed by atoms with Gasteiger partial charge in [0.1, 0.15) is 22.7 Å². The second-order valence-electron chi connectivity index (χ2n) is 9.45. The van der Waals surface area contributed by atoms with Crippen LogP contribution in [0.5, 0.6) is 0 Å². The maximum atomic E-state index is 15.0. The van der Waals surface area contributed by atoms with E-state index in [1.54, 1.807) is 36.4 Å². The van der Waals surface area contributed by atoms with Crippen molar-refractivity contribution in [3.05, 3.63) is 114 Å². The monoisotopic (exact) mass is 551 g/mol. The largest absolute Gasteiger partial charge is 0.247 e. The quantitative estimate of drug-likeness (QED) is 0.206. The van der Waals surface area contributed by atoms with Crippen LogP contribution in [0.3, 0.4) is 0 Å². The highest BCUT2D eigenvalue weighted by atomic mass is 32.1. The van der Waals surface area contributed by atoms with E-state index >= 15 is 0 Å². The Hall–Kier alpha value is -5.57. The summed E-state index contributed by atoms with van der Waals surface area (Å²) < 4.78 is 39.3. The molecule has 192 valence electrons. The van der Waals surface area contributed by atoms with Crippen LogP contribution in [0.4, 0.5) is 8.78 Å². The van der Waals surface area contributed by atoms with Crippen molar-refractivity contribution in [1.29, 1.82) is 10.5 Å². The molecule has 8 heteroatoms. The smallest absolute Gasteiger partial charge is 0.135 e. The summed E-state index contributed by atoms with van der Waals surface area (Å²) in [5.41, 5.74) is 5.29. The van der Waals surface area contributed by atoms with Crippen LogP contribution >= 0.6 is 11.7 Å². The molecule has 0 saturated carbocycles. The summed E-state index contributed by atoms with van der Waals surface area (Å²) in [6.07, 6.45) is 0. The summed E-state index contributed by atoms with van der Waals surface area (Å²) in [6, 6.07) is 30.2. The number of hydrogen-bond donors (Lipinski definition) is 0. The molecule has 2 aromatic heterocycles. The number of fused-ring (bicyclic) bond motifs is 5. The molecule has 0 amide bonds. The molecule has 7 rings (SSSR count). The second kappa shape index (κ2) is 9.56. The lowest BCUT2D eigenvalue weighted by atomic mass is 9.92. The van der Waals surface area contributed by atoms with E-state index in [-0.39, 0.29) is 16.7 Å². The maximum absolute atomic E-state index is 15.0. The Morgan fingerprint density at radius 2 is 1.39 bits per heavy atom. The zero-order valence-corrected chi connectivity index (χ0v) is 21.9. The molecule has 0 spiro atoms. The summed E-state index contributed by atoms with van der Waals surface area (Å²) in [7, 11) is 0. The van der Waals surface area contributed by atoms with E-state index in [4.69, 9.17) is 10.2 Å². The van der Waals surface area contributed by atoms with Crippen LogP contribution in [-0.4, -0.2) is 13.7 Å². The summed E-state index contributed by atoms with van der Waals surface area (Å²) in [5, 5.41) is 21.3. The van der Waals surface area contributed by atoms with Gasteiger partial charge in [0.15, 0.2) is 0 Å². The van der Waals surface area contributed by atoms with E-state index in [9.17, 15) is 14.0 Å². The van der Waals surface area contributed by atoms with Crippen molar-refractivity contribution < 1.29 is 8.78 Å². The van der Waals surface area contributed by atoms with Gasteiger partial charge in [-0.15, -0.1) is 0 Å². The molecule has 0 saturated heterocycles. The number of hydrogen-bond acceptors (Lipinski definition) is 6. The minimum absolute atomic E-state index is 0.100. The Kier molecular flexibility index (Phi) is 5.71. The predicted octanol–water partition coefficient (Wildman–Crippen LogP) is 8.42. The average molecular weight is 552 g/mol. The molecule has 5 aromatic carbocycles. The normalized spacial score (nSPS) is 11.1. The number of aromatic nitrogens is 3. The van der Waals surface area contributed by atoms with Crippen molar-refractivity contribution in [3.8, 4) is 45.6 Å². The minimum atomic E-state index is -0.838. The van der Waals surface area contributed by atoms with Crippen LogP contribution in [0.25, 0.3) is 66.2 Å². The Bertz CT molecular complexity index is 2240. The minimum Gasteiger partial charge on any atom is -0.247 e. The Morgan fingerprint density at radius 1 is 0.659 bits per heavy atom. The van der Waals surface area contributed by atoms with Crippen LogP contribution in [0.2, 0.25) is 0 Å². The van der Waals surface area contributed by atoms with E-state index in [1.807, 2.05) is 48.5 Å². The summed E-state index contributed by atoms with van der Waals surface area (Å²) >= 11 is 1.10. The van der Waals surface area contributed by atoms with E-state index in [2.05, 4.69) is 14.8 Å². The fourth-order valence-corrected chi connectivity index (χ4v) is 5.88. The number of nitrogens with zero attached hydrogens (tertiary/aromatic N) is 5. The SMILES string of the molecule is N#Cc1cc(F)c(-c2ccc3c(c2)nc(-c2ccccc2C#N)c2cc(-c4ccccc4)c4nsnc4c23)c(F)c1. The topological polar surface area (TPSA) is 86.2 Å². The highest BCUT2D eigenvalue weighted by Gasteiger charge is 2.21. The van der Waals surface area contributed by atoms with Gasteiger partial charge in [-0.3, -0.25) is 0 Å². The average Bonchev–Trinajstić information content (AvgIpc) is 3.50. The first kappa shape index (κ1) is 24.5. The molecule has 0 aliphatic rings. The molecule has 0 fully saturated rings. The molecule has 0 aliphatic heterocycles. The lowest BCUT2D eigenvalue weighted by molar-refractivity contribution is 0.589. The Morgan fingerprint density at radius 3 is 2.15 bits per heavy atom. The molecule has 2 heterocycles. The third-order valence-corrected chi connectivity index (χ3v) is 7.67. The van der Waals surface area contributed by atoms with Crippen LogP contribution < -0.4 is 0 Å². The Balaban J connectivity index is 1.62. The van der Waals surface area contributed by atoms with Crippen molar-refractivity contribution in [2.45, 2.75) is 0 Å². The van der Waals surface area contributed by atoms with Crippen LogP contribution in [0.1, 0.15) is 11.1 Å². The van der Waals surface area contributed by atoms with Gasteiger partial charge in [0.2, 0.25) is 0 Å².